The minimum absolute atomic E-state index is 0.310. The SMILES string of the molecule is CCOP(=O)(Nc1cccc(Cl)c1)OCC. The molecule has 0 atom stereocenters. The van der Waals surface area contributed by atoms with E-state index in [0.717, 1.165) is 0 Å². The number of anilines is 1. The van der Waals surface area contributed by atoms with Gasteiger partial charge in [0.15, 0.2) is 0 Å². The van der Waals surface area contributed by atoms with Crippen LogP contribution < -0.4 is 5.09 Å². The van der Waals surface area contributed by atoms with E-state index in [0.29, 0.717) is 23.9 Å². The van der Waals surface area contributed by atoms with Crippen LogP contribution in [-0.2, 0) is 13.6 Å². The van der Waals surface area contributed by atoms with Crippen LogP contribution in [0.2, 0.25) is 5.02 Å². The lowest BCUT2D eigenvalue weighted by Gasteiger charge is -2.18. The molecule has 6 heteroatoms. The molecule has 0 fully saturated rings. The fourth-order valence-corrected chi connectivity index (χ4v) is 2.69. The Kier molecular flexibility index (Phi) is 5.29. The van der Waals surface area contributed by atoms with Gasteiger partial charge in [-0.05, 0) is 32.0 Å². The van der Waals surface area contributed by atoms with Crippen molar-refractivity contribution in [2.75, 3.05) is 18.3 Å². The molecular weight excluding hydrogens is 249 g/mol. The maximum atomic E-state index is 12.1. The van der Waals surface area contributed by atoms with E-state index in [1.165, 1.54) is 0 Å². The number of benzene rings is 1. The van der Waals surface area contributed by atoms with Crippen molar-refractivity contribution in [1.82, 2.24) is 0 Å². The second kappa shape index (κ2) is 6.26. The van der Waals surface area contributed by atoms with Gasteiger partial charge in [0, 0.05) is 10.7 Å². The van der Waals surface area contributed by atoms with E-state index in [9.17, 15) is 4.57 Å². The van der Waals surface area contributed by atoms with E-state index in [4.69, 9.17) is 20.6 Å². The van der Waals surface area contributed by atoms with Gasteiger partial charge in [-0.15, -0.1) is 0 Å². The first-order chi connectivity index (χ1) is 7.59. The van der Waals surface area contributed by atoms with Gasteiger partial charge in [0.1, 0.15) is 0 Å². The third kappa shape index (κ3) is 4.14. The lowest BCUT2D eigenvalue weighted by atomic mass is 10.3. The van der Waals surface area contributed by atoms with Crippen molar-refractivity contribution in [3.63, 3.8) is 0 Å². The van der Waals surface area contributed by atoms with Crippen molar-refractivity contribution in [2.24, 2.45) is 0 Å². The van der Waals surface area contributed by atoms with Crippen LogP contribution in [-0.4, -0.2) is 13.2 Å². The van der Waals surface area contributed by atoms with E-state index in [2.05, 4.69) is 5.09 Å². The van der Waals surface area contributed by atoms with Crippen molar-refractivity contribution in [3.8, 4) is 0 Å². The molecule has 1 rings (SSSR count). The van der Waals surface area contributed by atoms with Crippen molar-refractivity contribution in [2.45, 2.75) is 13.8 Å². The molecule has 0 amide bonds. The summed E-state index contributed by atoms with van der Waals surface area (Å²) >= 11 is 5.82. The van der Waals surface area contributed by atoms with Gasteiger partial charge in [-0.1, -0.05) is 17.7 Å². The summed E-state index contributed by atoms with van der Waals surface area (Å²) in [7, 11) is -3.27. The zero-order valence-corrected chi connectivity index (χ0v) is 10.9. The Bertz CT molecular complexity index is 376. The molecule has 0 saturated carbocycles. The highest BCUT2D eigenvalue weighted by atomic mass is 35.5. The van der Waals surface area contributed by atoms with Crippen molar-refractivity contribution in [1.29, 1.82) is 0 Å². The van der Waals surface area contributed by atoms with Gasteiger partial charge in [0.25, 0.3) is 0 Å². The van der Waals surface area contributed by atoms with Crippen molar-refractivity contribution >= 4 is 25.0 Å². The summed E-state index contributed by atoms with van der Waals surface area (Å²) in [5.41, 5.74) is 0.609. The van der Waals surface area contributed by atoms with Crippen LogP contribution in [0.15, 0.2) is 24.3 Å². The number of hydrogen-bond donors (Lipinski definition) is 1. The zero-order chi connectivity index (χ0) is 12.0. The van der Waals surface area contributed by atoms with Crippen LogP contribution in [0.5, 0.6) is 0 Å². The van der Waals surface area contributed by atoms with Crippen LogP contribution in [0.4, 0.5) is 5.69 Å². The Balaban J connectivity index is 2.79. The lowest BCUT2D eigenvalue weighted by molar-refractivity contribution is 0.225. The maximum absolute atomic E-state index is 12.1. The first kappa shape index (κ1) is 13.5. The summed E-state index contributed by atoms with van der Waals surface area (Å²) in [4.78, 5) is 0. The second-order valence-corrected chi connectivity index (χ2v) is 5.13. The Labute approximate surface area is 100 Å². The molecule has 4 nitrogen and oxygen atoms in total. The molecule has 1 N–H and O–H groups in total. The second-order valence-electron chi connectivity index (χ2n) is 2.96. The molecule has 1 aromatic rings. The fourth-order valence-electron chi connectivity index (χ4n) is 1.16. The molecule has 0 aromatic heterocycles. The van der Waals surface area contributed by atoms with Crippen LogP contribution in [0.1, 0.15) is 13.8 Å². The van der Waals surface area contributed by atoms with Crippen LogP contribution in [0.3, 0.4) is 0 Å². The van der Waals surface area contributed by atoms with Gasteiger partial charge in [-0.2, -0.15) is 0 Å². The molecule has 0 aliphatic rings. The molecule has 0 heterocycles. The first-order valence-electron chi connectivity index (χ1n) is 5.02. The summed E-state index contributed by atoms with van der Waals surface area (Å²) in [5.74, 6) is 0. The molecule has 0 saturated heterocycles. The third-order valence-electron chi connectivity index (χ3n) is 1.69. The summed E-state index contributed by atoms with van der Waals surface area (Å²) in [6, 6.07) is 6.90. The summed E-state index contributed by atoms with van der Waals surface area (Å²) in [5, 5.41) is 3.28. The van der Waals surface area contributed by atoms with Crippen molar-refractivity contribution < 1.29 is 13.6 Å². The van der Waals surface area contributed by atoms with Crippen LogP contribution >= 0.6 is 19.3 Å². The highest BCUT2D eigenvalue weighted by molar-refractivity contribution is 7.55. The number of nitrogens with one attached hydrogen (secondary N) is 1. The molecule has 90 valence electrons. The molecule has 16 heavy (non-hydrogen) atoms. The summed E-state index contributed by atoms with van der Waals surface area (Å²) < 4.78 is 22.3. The highest BCUT2D eigenvalue weighted by Crippen LogP contribution is 2.47. The molecule has 0 aliphatic carbocycles. The van der Waals surface area contributed by atoms with Gasteiger partial charge >= 0.3 is 7.75 Å². The van der Waals surface area contributed by atoms with Gasteiger partial charge in [-0.25, -0.2) is 4.57 Å². The quantitative estimate of drug-likeness (QED) is 0.790. The Morgan fingerprint density at radius 1 is 1.31 bits per heavy atom. The smallest absolute Gasteiger partial charge is 0.293 e. The molecule has 0 radical (unpaired) electrons. The summed E-state index contributed by atoms with van der Waals surface area (Å²) in [6.45, 7) is 4.13. The minimum Gasteiger partial charge on any atom is -0.293 e. The van der Waals surface area contributed by atoms with E-state index in [-0.39, 0.29) is 0 Å². The fraction of sp³-hybridized carbons (Fsp3) is 0.400. The molecular formula is C10H15ClNO3P. The predicted octanol–water partition coefficient (Wildman–Crippen LogP) is 3.93. The average molecular weight is 264 g/mol. The number of halogens is 1. The normalized spacial score (nSPS) is 11.4. The topological polar surface area (TPSA) is 47.6 Å². The Morgan fingerprint density at radius 2 is 1.94 bits per heavy atom. The summed E-state index contributed by atoms with van der Waals surface area (Å²) in [6.07, 6.45) is 0. The zero-order valence-electron chi connectivity index (χ0n) is 9.27. The minimum atomic E-state index is -3.27. The molecule has 0 aliphatic heterocycles. The monoisotopic (exact) mass is 263 g/mol. The molecule has 0 unspecified atom stereocenters. The van der Waals surface area contributed by atoms with E-state index >= 15 is 0 Å². The van der Waals surface area contributed by atoms with Gasteiger partial charge < -0.3 is 0 Å². The van der Waals surface area contributed by atoms with E-state index in [1.54, 1.807) is 38.1 Å². The Hall–Kier alpha value is -0.540. The predicted molar refractivity (Wildman–Crippen MR) is 65.9 cm³/mol. The largest absolute Gasteiger partial charge is 0.432 e. The number of hydrogen-bond acceptors (Lipinski definition) is 3. The highest BCUT2D eigenvalue weighted by Gasteiger charge is 2.23. The van der Waals surface area contributed by atoms with Gasteiger partial charge in [0.2, 0.25) is 0 Å². The first-order valence-corrected chi connectivity index (χ1v) is 6.94. The van der Waals surface area contributed by atoms with E-state index in [1.807, 2.05) is 0 Å². The van der Waals surface area contributed by atoms with Crippen LogP contribution in [0.25, 0.3) is 0 Å². The maximum Gasteiger partial charge on any atom is 0.432 e. The van der Waals surface area contributed by atoms with Crippen LogP contribution in [0, 0.1) is 0 Å². The van der Waals surface area contributed by atoms with Crippen molar-refractivity contribution in [3.05, 3.63) is 29.3 Å². The number of rotatable bonds is 6. The average Bonchev–Trinajstić information content (AvgIpc) is 2.17. The Morgan fingerprint density at radius 3 is 2.44 bits per heavy atom. The standard InChI is InChI=1S/C10H15ClNO3P/c1-3-14-16(13,15-4-2)12-10-7-5-6-9(11)8-10/h5-8H,3-4H2,1-2H3,(H,12,13). The molecule has 1 aromatic carbocycles. The molecule has 0 bridgehead atoms. The van der Waals surface area contributed by atoms with Gasteiger partial charge in [0.05, 0.1) is 13.2 Å². The molecule has 0 spiro atoms. The third-order valence-corrected chi connectivity index (χ3v) is 3.65. The van der Waals surface area contributed by atoms with Gasteiger partial charge in [-0.3, -0.25) is 14.1 Å². The lowest BCUT2D eigenvalue weighted by Crippen LogP contribution is -2.04. The van der Waals surface area contributed by atoms with E-state index < -0.39 is 7.75 Å².